The van der Waals surface area contributed by atoms with Gasteiger partial charge in [0.2, 0.25) is 0 Å². The van der Waals surface area contributed by atoms with Crippen LogP contribution in [0.5, 0.6) is 11.5 Å². The quantitative estimate of drug-likeness (QED) is 0.232. The SMILES string of the molecule is COc1ccc(CN2C(=O)C(=O)/C(=C(\O)c3ccc(Br)cc3)C2c2cccc(OC(C)C)c2)cc1. The summed E-state index contributed by atoms with van der Waals surface area (Å²) in [7, 11) is 1.59. The molecule has 3 aromatic carbocycles. The van der Waals surface area contributed by atoms with Gasteiger partial charge in [-0.05, 0) is 61.4 Å². The van der Waals surface area contributed by atoms with Crippen LogP contribution < -0.4 is 9.47 Å². The second-order valence-corrected chi connectivity index (χ2v) is 9.44. The monoisotopic (exact) mass is 535 g/mol. The van der Waals surface area contributed by atoms with Crippen LogP contribution in [0.4, 0.5) is 0 Å². The molecule has 3 aromatic rings. The molecule has 1 fully saturated rings. The first-order valence-corrected chi connectivity index (χ1v) is 12.0. The second kappa shape index (κ2) is 10.4. The Morgan fingerprint density at radius 3 is 2.31 bits per heavy atom. The van der Waals surface area contributed by atoms with Gasteiger partial charge >= 0.3 is 0 Å². The Balaban J connectivity index is 1.83. The maximum absolute atomic E-state index is 13.3. The number of nitrogens with zero attached hydrogens (tertiary/aromatic N) is 1. The second-order valence-electron chi connectivity index (χ2n) is 8.52. The van der Waals surface area contributed by atoms with E-state index in [0.29, 0.717) is 22.6 Å². The summed E-state index contributed by atoms with van der Waals surface area (Å²) in [5.74, 6) is -0.288. The van der Waals surface area contributed by atoms with Crippen molar-refractivity contribution in [2.75, 3.05) is 7.11 Å². The van der Waals surface area contributed by atoms with Crippen LogP contribution in [0.15, 0.2) is 82.8 Å². The normalized spacial score (nSPS) is 17.2. The molecule has 6 nitrogen and oxygen atoms in total. The van der Waals surface area contributed by atoms with Gasteiger partial charge < -0.3 is 19.5 Å². The number of amides is 1. The average molecular weight is 536 g/mol. The van der Waals surface area contributed by atoms with Gasteiger partial charge in [-0.1, -0.05) is 52.3 Å². The summed E-state index contributed by atoms with van der Waals surface area (Å²) in [6, 6.07) is 20.8. The Kier molecular flexibility index (Phi) is 7.26. The highest BCUT2D eigenvalue weighted by Crippen LogP contribution is 2.41. The number of halogens is 1. The zero-order chi connectivity index (χ0) is 25.1. The van der Waals surface area contributed by atoms with E-state index in [-0.39, 0.29) is 24.0 Å². The van der Waals surface area contributed by atoms with Gasteiger partial charge in [0.25, 0.3) is 11.7 Å². The molecule has 1 saturated heterocycles. The molecule has 1 amide bonds. The first kappa shape index (κ1) is 24.5. The highest BCUT2D eigenvalue weighted by Gasteiger charge is 2.46. The molecule has 180 valence electrons. The van der Waals surface area contributed by atoms with Crippen LogP contribution in [0.1, 0.15) is 36.6 Å². The molecule has 0 saturated carbocycles. The number of rotatable bonds is 7. The van der Waals surface area contributed by atoms with Crippen molar-refractivity contribution in [1.82, 2.24) is 4.90 Å². The summed E-state index contributed by atoms with van der Waals surface area (Å²) in [6.07, 6.45) is -0.0429. The summed E-state index contributed by atoms with van der Waals surface area (Å²) in [6.45, 7) is 4.04. The van der Waals surface area contributed by atoms with Crippen LogP contribution in [-0.2, 0) is 16.1 Å². The fraction of sp³-hybridized carbons (Fsp3) is 0.214. The van der Waals surface area contributed by atoms with E-state index in [1.165, 1.54) is 4.90 Å². The third-order valence-corrected chi connectivity index (χ3v) is 6.24. The van der Waals surface area contributed by atoms with Crippen LogP contribution in [0.25, 0.3) is 5.76 Å². The van der Waals surface area contributed by atoms with Crippen molar-refractivity contribution < 1.29 is 24.2 Å². The van der Waals surface area contributed by atoms with E-state index in [4.69, 9.17) is 9.47 Å². The highest BCUT2D eigenvalue weighted by atomic mass is 79.9. The van der Waals surface area contributed by atoms with E-state index >= 15 is 0 Å². The number of aliphatic hydroxyl groups is 1. The topological polar surface area (TPSA) is 76.1 Å². The Hall–Kier alpha value is -3.58. The van der Waals surface area contributed by atoms with Gasteiger partial charge in [0, 0.05) is 16.6 Å². The van der Waals surface area contributed by atoms with E-state index in [9.17, 15) is 14.7 Å². The molecule has 1 atom stereocenters. The molecular formula is C28H26BrNO5. The molecule has 0 bridgehead atoms. The maximum Gasteiger partial charge on any atom is 0.295 e. The number of carbonyl (C=O) groups is 2. The third kappa shape index (κ3) is 5.25. The van der Waals surface area contributed by atoms with Crippen LogP contribution in [0, 0.1) is 0 Å². The molecule has 4 rings (SSSR count). The first-order valence-electron chi connectivity index (χ1n) is 11.2. The molecule has 1 aliphatic heterocycles. The molecule has 0 aliphatic carbocycles. The number of Topliss-reactive ketones (excluding diaryl/α,β-unsaturated/α-hetero) is 1. The number of carbonyl (C=O) groups excluding carboxylic acids is 2. The van der Waals surface area contributed by atoms with Gasteiger partial charge in [-0.2, -0.15) is 0 Å². The Morgan fingerprint density at radius 1 is 1.00 bits per heavy atom. The number of hydrogen-bond donors (Lipinski definition) is 1. The van der Waals surface area contributed by atoms with E-state index in [2.05, 4.69) is 15.9 Å². The van der Waals surface area contributed by atoms with Crippen molar-refractivity contribution in [1.29, 1.82) is 0 Å². The van der Waals surface area contributed by atoms with Crippen molar-refractivity contribution in [2.24, 2.45) is 0 Å². The van der Waals surface area contributed by atoms with Crippen molar-refractivity contribution in [2.45, 2.75) is 32.5 Å². The number of aliphatic hydroxyl groups excluding tert-OH is 1. The Bertz CT molecular complexity index is 1270. The smallest absolute Gasteiger partial charge is 0.295 e. The van der Waals surface area contributed by atoms with Crippen LogP contribution in [0.3, 0.4) is 0 Å². The third-order valence-electron chi connectivity index (χ3n) is 5.72. The van der Waals surface area contributed by atoms with Crippen molar-refractivity contribution >= 4 is 33.4 Å². The lowest BCUT2D eigenvalue weighted by atomic mass is 9.95. The number of ether oxygens (including phenoxy) is 2. The van der Waals surface area contributed by atoms with E-state index in [1.807, 2.05) is 50.2 Å². The number of ketones is 1. The first-order chi connectivity index (χ1) is 16.8. The number of hydrogen-bond acceptors (Lipinski definition) is 5. The number of benzene rings is 3. The summed E-state index contributed by atoms with van der Waals surface area (Å²) in [4.78, 5) is 28.0. The van der Waals surface area contributed by atoms with Gasteiger partial charge in [0.05, 0.1) is 24.8 Å². The summed E-state index contributed by atoms with van der Waals surface area (Å²) >= 11 is 3.38. The van der Waals surface area contributed by atoms with E-state index in [0.717, 1.165) is 10.0 Å². The predicted molar refractivity (Wildman–Crippen MR) is 137 cm³/mol. The van der Waals surface area contributed by atoms with Gasteiger partial charge in [0.1, 0.15) is 17.3 Å². The summed E-state index contributed by atoms with van der Waals surface area (Å²) in [5, 5.41) is 11.2. The minimum atomic E-state index is -0.781. The van der Waals surface area contributed by atoms with Crippen molar-refractivity contribution in [3.8, 4) is 11.5 Å². The molecule has 0 aromatic heterocycles. The fourth-order valence-corrected chi connectivity index (χ4v) is 4.37. The largest absolute Gasteiger partial charge is 0.507 e. The predicted octanol–water partition coefficient (Wildman–Crippen LogP) is 5.87. The lowest BCUT2D eigenvalue weighted by Gasteiger charge is -2.26. The summed E-state index contributed by atoms with van der Waals surface area (Å²) in [5.41, 5.74) is 2.01. The molecule has 1 N–H and O–H groups in total. The lowest BCUT2D eigenvalue weighted by molar-refractivity contribution is -0.140. The lowest BCUT2D eigenvalue weighted by Crippen LogP contribution is -2.29. The molecule has 0 spiro atoms. The van der Waals surface area contributed by atoms with E-state index < -0.39 is 17.7 Å². The molecule has 0 radical (unpaired) electrons. The maximum atomic E-state index is 13.3. The highest BCUT2D eigenvalue weighted by molar-refractivity contribution is 9.10. The number of methoxy groups -OCH3 is 1. The van der Waals surface area contributed by atoms with E-state index in [1.54, 1.807) is 43.5 Å². The molecular weight excluding hydrogens is 510 g/mol. The van der Waals surface area contributed by atoms with Gasteiger partial charge in [0.15, 0.2) is 0 Å². The van der Waals surface area contributed by atoms with Crippen LogP contribution >= 0.6 is 15.9 Å². The molecule has 35 heavy (non-hydrogen) atoms. The fourth-order valence-electron chi connectivity index (χ4n) is 4.11. The molecule has 1 aliphatic rings. The zero-order valence-corrected chi connectivity index (χ0v) is 21.3. The van der Waals surface area contributed by atoms with Gasteiger partial charge in [-0.15, -0.1) is 0 Å². The Morgan fingerprint density at radius 2 is 1.69 bits per heavy atom. The molecule has 1 heterocycles. The van der Waals surface area contributed by atoms with Gasteiger partial charge in [-0.25, -0.2) is 0 Å². The standard InChI is InChI=1S/C28H26BrNO5/c1-17(2)35-23-6-4-5-20(15-23)25-24(26(31)19-9-11-21(29)12-10-19)27(32)28(33)30(25)16-18-7-13-22(34-3)14-8-18/h4-15,17,25,31H,16H2,1-3H3/b26-24-. The number of likely N-dealkylation sites (tertiary alicyclic amines) is 1. The molecule has 1 unspecified atom stereocenters. The molecule has 7 heteroatoms. The average Bonchev–Trinajstić information content (AvgIpc) is 3.09. The van der Waals surface area contributed by atoms with Gasteiger partial charge in [-0.3, -0.25) is 9.59 Å². The van der Waals surface area contributed by atoms with Crippen molar-refractivity contribution in [3.63, 3.8) is 0 Å². The van der Waals surface area contributed by atoms with Crippen molar-refractivity contribution in [3.05, 3.63) is 99.5 Å². The minimum Gasteiger partial charge on any atom is -0.507 e. The van der Waals surface area contributed by atoms with Crippen LogP contribution in [-0.4, -0.2) is 34.9 Å². The van der Waals surface area contributed by atoms with Crippen LogP contribution in [0.2, 0.25) is 0 Å². The Labute approximate surface area is 212 Å². The summed E-state index contributed by atoms with van der Waals surface area (Å²) < 4.78 is 11.9. The minimum absolute atomic E-state index is 0.0429. The zero-order valence-electron chi connectivity index (χ0n) is 19.7.